The minimum atomic E-state index is -0.318. The minimum Gasteiger partial charge on any atom is -0.481 e. The number of pyridine rings is 1. The molecule has 0 atom stereocenters. The third kappa shape index (κ3) is 6.58. The number of methoxy groups -OCH3 is 1. The Balaban J connectivity index is 0.000000270. The number of hydrogen-bond acceptors (Lipinski definition) is 5. The molecule has 5 heteroatoms. The van der Waals surface area contributed by atoms with E-state index in [1.807, 2.05) is 26.8 Å². The Morgan fingerprint density at radius 3 is 2.48 bits per heavy atom. The molecule has 1 fully saturated rings. The lowest BCUT2D eigenvalue weighted by Gasteiger charge is -2.23. The first-order valence-electron chi connectivity index (χ1n) is 7.29. The predicted molar refractivity (Wildman–Crippen MR) is 82.5 cm³/mol. The number of ether oxygens (including phenoxy) is 2. The van der Waals surface area contributed by atoms with E-state index in [0.29, 0.717) is 12.4 Å². The van der Waals surface area contributed by atoms with Gasteiger partial charge in [-0.3, -0.25) is 4.79 Å². The van der Waals surface area contributed by atoms with Crippen LogP contribution in [-0.4, -0.2) is 37.3 Å². The van der Waals surface area contributed by atoms with Gasteiger partial charge in [-0.15, -0.1) is 0 Å². The second kappa shape index (κ2) is 8.62. The van der Waals surface area contributed by atoms with Crippen molar-refractivity contribution in [1.82, 2.24) is 10.3 Å². The molecule has 0 spiro atoms. The van der Waals surface area contributed by atoms with Crippen molar-refractivity contribution in [2.75, 3.05) is 20.2 Å². The van der Waals surface area contributed by atoms with Gasteiger partial charge in [0.2, 0.25) is 5.88 Å². The Hall–Kier alpha value is -1.62. The summed E-state index contributed by atoms with van der Waals surface area (Å²) in [6.07, 6.45) is 4.15. The van der Waals surface area contributed by atoms with E-state index in [2.05, 4.69) is 21.1 Å². The van der Waals surface area contributed by atoms with Crippen LogP contribution in [0.1, 0.15) is 45.1 Å². The Morgan fingerprint density at radius 1 is 1.33 bits per heavy atom. The lowest BCUT2D eigenvalue weighted by molar-refractivity contribution is -0.138. The lowest BCUT2D eigenvalue weighted by Crippen LogP contribution is -2.26. The monoisotopic (exact) mass is 294 g/mol. The highest BCUT2D eigenvalue weighted by Crippen LogP contribution is 2.30. The molecule has 118 valence electrons. The topological polar surface area (TPSA) is 60.5 Å². The van der Waals surface area contributed by atoms with Gasteiger partial charge in [0.05, 0.1) is 7.11 Å². The van der Waals surface area contributed by atoms with Crippen LogP contribution < -0.4 is 10.1 Å². The van der Waals surface area contributed by atoms with E-state index in [-0.39, 0.29) is 5.60 Å². The minimum absolute atomic E-state index is 0.318. The summed E-state index contributed by atoms with van der Waals surface area (Å²) in [7, 11) is 1.69. The number of carbonyl (C=O) groups excluding carboxylic acids is 1. The van der Waals surface area contributed by atoms with Gasteiger partial charge in [-0.25, -0.2) is 4.98 Å². The first-order valence-corrected chi connectivity index (χ1v) is 7.29. The van der Waals surface area contributed by atoms with E-state index in [1.54, 1.807) is 13.3 Å². The van der Waals surface area contributed by atoms with Gasteiger partial charge in [-0.2, -0.15) is 0 Å². The molecule has 0 aromatic carbocycles. The maximum Gasteiger partial charge on any atom is 0.293 e. The van der Waals surface area contributed by atoms with Gasteiger partial charge in [0.25, 0.3) is 6.47 Å². The Labute approximate surface area is 127 Å². The largest absolute Gasteiger partial charge is 0.481 e. The fourth-order valence-electron chi connectivity index (χ4n) is 2.16. The van der Waals surface area contributed by atoms with Gasteiger partial charge in [0.1, 0.15) is 5.60 Å². The van der Waals surface area contributed by atoms with Crippen LogP contribution in [0.25, 0.3) is 0 Å². The summed E-state index contributed by atoms with van der Waals surface area (Å²) in [4.78, 5) is 13.8. The quantitative estimate of drug-likeness (QED) is 0.868. The van der Waals surface area contributed by atoms with E-state index in [4.69, 9.17) is 4.74 Å². The molecule has 2 rings (SSSR count). The molecular formula is C16H26N2O3. The zero-order valence-corrected chi connectivity index (χ0v) is 13.4. The van der Waals surface area contributed by atoms with Crippen LogP contribution in [0.4, 0.5) is 0 Å². The van der Waals surface area contributed by atoms with Crippen LogP contribution in [0.15, 0.2) is 18.3 Å². The number of hydrogen-bond donors (Lipinski definition) is 1. The summed E-state index contributed by atoms with van der Waals surface area (Å²) in [5.74, 6) is 1.40. The van der Waals surface area contributed by atoms with Crippen molar-refractivity contribution in [1.29, 1.82) is 0 Å². The summed E-state index contributed by atoms with van der Waals surface area (Å²) in [5, 5.41) is 3.36. The van der Waals surface area contributed by atoms with E-state index in [9.17, 15) is 4.79 Å². The van der Waals surface area contributed by atoms with Crippen molar-refractivity contribution in [3.8, 4) is 5.88 Å². The first kappa shape index (κ1) is 17.4. The van der Waals surface area contributed by atoms with Gasteiger partial charge in [0, 0.05) is 11.8 Å². The summed E-state index contributed by atoms with van der Waals surface area (Å²) in [6, 6.07) is 4.11. The zero-order chi connectivity index (χ0) is 15.7. The molecule has 21 heavy (non-hydrogen) atoms. The first-order chi connectivity index (χ1) is 9.98. The molecule has 2 heterocycles. The van der Waals surface area contributed by atoms with Crippen molar-refractivity contribution in [2.45, 2.75) is 45.1 Å². The second-order valence-electron chi connectivity index (χ2n) is 5.95. The molecular weight excluding hydrogens is 268 g/mol. The van der Waals surface area contributed by atoms with Crippen molar-refractivity contribution in [2.24, 2.45) is 0 Å². The van der Waals surface area contributed by atoms with Gasteiger partial charge in [-0.05, 0) is 58.7 Å². The summed E-state index contributed by atoms with van der Waals surface area (Å²) in [5.41, 5.74) is 0.943. The van der Waals surface area contributed by atoms with Gasteiger partial charge in [-0.1, -0.05) is 6.07 Å². The molecule has 1 aromatic rings. The SMILES string of the molecule is CC(C)(C)OC=O.COc1ncccc1C1CCNCC1. The highest BCUT2D eigenvalue weighted by molar-refractivity contribution is 5.37. The smallest absolute Gasteiger partial charge is 0.293 e. The standard InChI is InChI=1S/C11H16N2O.C5H10O2/c1-14-11-10(3-2-6-13-11)9-4-7-12-8-5-9;1-5(2,3)7-4-6/h2-3,6,9,12H,4-5,7-8H2,1H3;4H,1-3H3. The Kier molecular flexibility index (Phi) is 7.15. The lowest BCUT2D eigenvalue weighted by atomic mass is 9.91. The van der Waals surface area contributed by atoms with Crippen molar-refractivity contribution in [3.05, 3.63) is 23.9 Å². The number of nitrogens with one attached hydrogen (secondary N) is 1. The average molecular weight is 294 g/mol. The molecule has 0 aliphatic carbocycles. The van der Waals surface area contributed by atoms with Crippen molar-refractivity contribution < 1.29 is 14.3 Å². The molecule has 1 aromatic heterocycles. The molecule has 1 N–H and O–H groups in total. The molecule has 0 unspecified atom stereocenters. The average Bonchev–Trinajstić information content (AvgIpc) is 2.47. The van der Waals surface area contributed by atoms with E-state index in [1.165, 1.54) is 18.4 Å². The highest BCUT2D eigenvalue weighted by atomic mass is 16.5. The number of aromatic nitrogens is 1. The molecule has 1 saturated heterocycles. The normalized spacial score (nSPS) is 15.6. The van der Waals surface area contributed by atoms with Crippen molar-refractivity contribution in [3.63, 3.8) is 0 Å². The molecule has 0 bridgehead atoms. The zero-order valence-electron chi connectivity index (χ0n) is 13.4. The van der Waals surface area contributed by atoms with Gasteiger partial charge >= 0.3 is 0 Å². The Morgan fingerprint density at radius 2 is 2.00 bits per heavy atom. The maximum absolute atomic E-state index is 9.60. The third-order valence-electron chi connectivity index (χ3n) is 3.17. The predicted octanol–water partition coefficient (Wildman–Crippen LogP) is 2.52. The molecule has 0 amide bonds. The molecule has 1 aliphatic heterocycles. The molecule has 0 radical (unpaired) electrons. The molecule has 1 aliphatic rings. The summed E-state index contributed by atoms with van der Waals surface area (Å²) < 4.78 is 9.82. The number of nitrogens with zero attached hydrogens (tertiary/aromatic N) is 1. The number of rotatable bonds is 3. The number of piperidine rings is 1. The fourth-order valence-corrected chi connectivity index (χ4v) is 2.16. The van der Waals surface area contributed by atoms with E-state index in [0.717, 1.165) is 19.0 Å². The molecule has 5 nitrogen and oxygen atoms in total. The third-order valence-corrected chi connectivity index (χ3v) is 3.17. The Bertz CT molecular complexity index is 424. The van der Waals surface area contributed by atoms with Crippen LogP contribution in [0.5, 0.6) is 5.88 Å². The number of carbonyl (C=O) groups is 1. The van der Waals surface area contributed by atoms with Crippen LogP contribution >= 0.6 is 0 Å². The molecule has 0 saturated carbocycles. The maximum atomic E-state index is 9.60. The second-order valence-corrected chi connectivity index (χ2v) is 5.95. The van der Waals surface area contributed by atoms with Crippen molar-refractivity contribution >= 4 is 6.47 Å². The van der Waals surface area contributed by atoms with Gasteiger partial charge in [0.15, 0.2) is 0 Å². The van der Waals surface area contributed by atoms with Crippen LogP contribution in [0.2, 0.25) is 0 Å². The van der Waals surface area contributed by atoms with Crippen LogP contribution in [0, 0.1) is 0 Å². The van der Waals surface area contributed by atoms with Gasteiger partial charge < -0.3 is 14.8 Å². The van der Waals surface area contributed by atoms with Crippen LogP contribution in [0.3, 0.4) is 0 Å². The fraction of sp³-hybridized carbons (Fsp3) is 0.625. The summed E-state index contributed by atoms with van der Waals surface area (Å²) in [6.45, 7) is 8.12. The summed E-state index contributed by atoms with van der Waals surface area (Å²) >= 11 is 0. The highest BCUT2D eigenvalue weighted by Gasteiger charge is 2.18. The van der Waals surface area contributed by atoms with E-state index >= 15 is 0 Å². The van der Waals surface area contributed by atoms with Crippen LogP contribution in [-0.2, 0) is 9.53 Å². The van der Waals surface area contributed by atoms with E-state index < -0.39 is 0 Å².